The van der Waals surface area contributed by atoms with Crippen molar-refractivity contribution in [1.29, 1.82) is 0 Å². The number of carbonyl (C=O) groups excluding carboxylic acids is 1. The van der Waals surface area contributed by atoms with E-state index in [1.165, 1.54) is 0 Å². The second kappa shape index (κ2) is 3.99. The summed E-state index contributed by atoms with van der Waals surface area (Å²) in [7, 11) is 0. The number of ether oxygens (including phenoxy) is 2. The summed E-state index contributed by atoms with van der Waals surface area (Å²) in [5.41, 5.74) is -0.124. The molecule has 0 saturated carbocycles. The number of aldehydes is 1. The second-order valence-corrected chi connectivity index (χ2v) is 4.62. The molecule has 3 atom stereocenters. The van der Waals surface area contributed by atoms with E-state index in [0.717, 1.165) is 45.0 Å². The van der Waals surface area contributed by atoms with Crippen LogP contribution in [0.5, 0.6) is 0 Å². The Morgan fingerprint density at radius 1 is 1.50 bits per heavy atom. The van der Waals surface area contributed by atoms with E-state index in [1.54, 1.807) is 0 Å². The first-order chi connectivity index (χ1) is 6.72. The van der Waals surface area contributed by atoms with Crippen LogP contribution in [0.1, 0.15) is 39.0 Å². The third kappa shape index (κ3) is 2.15. The molecule has 0 N–H and O–H groups in total. The van der Waals surface area contributed by atoms with Gasteiger partial charge in [-0.05, 0) is 32.6 Å². The van der Waals surface area contributed by atoms with Crippen LogP contribution in [-0.4, -0.2) is 30.7 Å². The van der Waals surface area contributed by atoms with Gasteiger partial charge in [0.25, 0.3) is 0 Å². The van der Waals surface area contributed by atoms with Gasteiger partial charge in [0, 0.05) is 13.0 Å². The highest BCUT2D eigenvalue weighted by molar-refractivity contribution is 5.56. The lowest BCUT2D eigenvalue weighted by Gasteiger charge is -2.26. The van der Waals surface area contributed by atoms with Gasteiger partial charge in [-0.3, -0.25) is 0 Å². The first-order valence-corrected chi connectivity index (χ1v) is 5.47. The largest absolute Gasteiger partial charge is 0.378 e. The Kier molecular flexibility index (Phi) is 2.88. The van der Waals surface area contributed by atoms with Gasteiger partial charge in [-0.25, -0.2) is 0 Å². The van der Waals surface area contributed by atoms with Gasteiger partial charge >= 0.3 is 0 Å². The van der Waals surface area contributed by atoms with E-state index < -0.39 is 0 Å². The maximum absolute atomic E-state index is 10.6. The molecule has 3 heteroatoms. The topological polar surface area (TPSA) is 35.5 Å². The number of carbonyl (C=O) groups is 1. The van der Waals surface area contributed by atoms with Crippen molar-refractivity contribution >= 4 is 6.29 Å². The van der Waals surface area contributed by atoms with Crippen LogP contribution in [-0.2, 0) is 14.3 Å². The standard InChI is InChI=1S/C11H18O3/c1-11(5-4-10(8-12)14-11)7-9-3-2-6-13-9/h8-10H,2-7H2,1H3. The Morgan fingerprint density at radius 3 is 2.93 bits per heavy atom. The first kappa shape index (κ1) is 10.1. The SMILES string of the molecule is CC1(CC2CCCO2)CCC(C=O)O1. The molecule has 2 saturated heterocycles. The number of hydrogen-bond donors (Lipinski definition) is 0. The van der Waals surface area contributed by atoms with E-state index in [9.17, 15) is 4.79 Å². The van der Waals surface area contributed by atoms with E-state index in [4.69, 9.17) is 9.47 Å². The third-order valence-corrected chi connectivity index (χ3v) is 3.23. The van der Waals surface area contributed by atoms with Crippen molar-refractivity contribution in [2.75, 3.05) is 6.61 Å². The maximum atomic E-state index is 10.6. The highest BCUT2D eigenvalue weighted by Crippen LogP contribution is 2.35. The second-order valence-electron chi connectivity index (χ2n) is 4.62. The molecule has 0 radical (unpaired) electrons. The van der Waals surface area contributed by atoms with Gasteiger partial charge in [0.2, 0.25) is 0 Å². The predicted octanol–water partition coefficient (Wildman–Crippen LogP) is 1.69. The molecule has 2 rings (SSSR count). The van der Waals surface area contributed by atoms with E-state index in [2.05, 4.69) is 6.92 Å². The third-order valence-electron chi connectivity index (χ3n) is 3.23. The lowest BCUT2D eigenvalue weighted by molar-refractivity contribution is -0.123. The van der Waals surface area contributed by atoms with Gasteiger partial charge in [-0.15, -0.1) is 0 Å². The molecule has 3 nitrogen and oxygen atoms in total. The minimum absolute atomic E-state index is 0.124. The summed E-state index contributed by atoms with van der Waals surface area (Å²) >= 11 is 0. The smallest absolute Gasteiger partial charge is 0.148 e. The number of hydrogen-bond acceptors (Lipinski definition) is 3. The summed E-state index contributed by atoms with van der Waals surface area (Å²) in [6.07, 6.45) is 6.19. The molecule has 0 bridgehead atoms. The zero-order valence-corrected chi connectivity index (χ0v) is 8.70. The lowest BCUT2D eigenvalue weighted by atomic mass is 9.94. The van der Waals surface area contributed by atoms with Crippen LogP contribution in [0.2, 0.25) is 0 Å². The molecule has 0 aliphatic carbocycles. The molecule has 2 fully saturated rings. The van der Waals surface area contributed by atoms with Crippen LogP contribution >= 0.6 is 0 Å². The molecule has 0 amide bonds. The molecule has 0 aromatic carbocycles. The van der Waals surface area contributed by atoms with Gasteiger partial charge < -0.3 is 14.3 Å². The summed E-state index contributed by atoms with van der Waals surface area (Å²) < 4.78 is 11.3. The van der Waals surface area contributed by atoms with Crippen molar-refractivity contribution in [2.24, 2.45) is 0 Å². The molecule has 0 aromatic rings. The van der Waals surface area contributed by atoms with Crippen molar-refractivity contribution in [3.63, 3.8) is 0 Å². The zero-order valence-electron chi connectivity index (χ0n) is 8.70. The highest BCUT2D eigenvalue weighted by atomic mass is 16.5. The van der Waals surface area contributed by atoms with Crippen molar-refractivity contribution < 1.29 is 14.3 Å². The molecule has 3 unspecified atom stereocenters. The molecule has 2 aliphatic rings. The number of rotatable bonds is 3. The average molecular weight is 198 g/mol. The Hall–Kier alpha value is -0.410. The summed E-state index contributed by atoms with van der Waals surface area (Å²) in [6.45, 7) is 2.98. The Balaban J connectivity index is 1.86. The van der Waals surface area contributed by atoms with E-state index in [1.807, 2.05) is 0 Å². The van der Waals surface area contributed by atoms with Crippen LogP contribution in [0.4, 0.5) is 0 Å². The normalized spacial score (nSPS) is 42.9. The van der Waals surface area contributed by atoms with Gasteiger partial charge in [0.15, 0.2) is 0 Å². The minimum atomic E-state index is -0.179. The Bertz CT molecular complexity index is 211. The van der Waals surface area contributed by atoms with Crippen LogP contribution in [0.15, 0.2) is 0 Å². The van der Waals surface area contributed by atoms with Crippen molar-refractivity contribution in [3.05, 3.63) is 0 Å². The Labute approximate surface area is 84.8 Å². The molecular formula is C11H18O3. The fourth-order valence-electron chi connectivity index (χ4n) is 2.46. The quantitative estimate of drug-likeness (QED) is 0.647. The Morgan fingerprint density at radius 2 is 2.36 bits per heavy atom. The van der Waals surface area contributed by atoms with Crippen molar-refractivity contribution in [1.82, 2.24) is 0 Å². The summed E-state index contributed by atoms with van der Waals surface area (Å²) in [4.78, 5) is 10.6. The zero-order chi connectivity index (χ0) is 10.0. The first-order valence-electron chi connectivity index (χ1n) is 5.47. The average Bonchev–Trinajstić information content (AvgIpc) is 2.76. The summed E-state index contributed by atoms with van der Waals surface area (Å²) in [5.74, 6) is 0. The molecular weight excluding hydrogens is 180 g/mol. The van der Waals surface area contributed by atoms with Gasteiger partial charge in [-0.1, -0.05) is 0 Å². The van der Waals surface area contributed by atoms with Crippen molar-refractivity contribution in [3.8, 4) is 0 Å². The monoisotopic (exact) mass is 198 g/mol. The molecule has 2 heterocycles. The van der Waals surface area contributed by atoms with Gasteiger partial charge in [0.05, 0.1) is 11.7 Å². The van der Waals surface area contributed by atoms with Crippen LogP contribution < -0.4 is 0 Å². The maximum Gasteiger partial charge on any atom is 0.148 e. The predicted molar refractivity (Wildman–Crippen MR) is 52.2 cm³/mol. The molecule has 80 valence electrons. The minimum Gasteiger partial charge on any atom is -0.378 e. The van der Waals surface area contributed by atoms with Crippen molar-refractivity contribution in [2.45, 2.75) is 56.8 Å². The fraction of sp³-hybridized carbons (Fsp3) is 0.909. The fourth-order valence-corrected chi connectivity index (χ4v) is 2.46. The van der Waals surface area contributed by atoms with Crippen LogP contribution in [0.25, 0.3) is 0 Å². The van der Waals surface area contributed by atoms with Crippen LogP contribution in [0, 0.1) is 0 Å². The lowest BCUT2D eigenvalue weighted by Crippen LogP contribution is -2.30. The molecule has 0 aromatic heterocycles. The molecule has 2 aliphatic heterocycles. The van der Waals surface area contributed by atoms with Crippen LogP contribution in [0.3, 0.4) is 0 Å². The van der Waals surface area contributed by atoms with E-state index in [0.29, 0.717) is 6.10 Å². The molecule has 14 heavy (non-hydrogen) atoms. The molecule has 0 spiro atoms. The highest BCUT2D eigenvalue weighted by Gasteiger charge is 2.38. The van der Waals surface area contributed by atoms with Gasteiger partial charge in [-0.2, -0.15) is 0 Å². The summed E-state index contributed by atoms with van der Waals surface area (Å²) in [6, 6.07) is 0. The van der Waals surface area contributed by atoms with E-state index >= 15 is 0 Å². The van der Waals surface area contributed by atoms with Gasteiger partial charge in [0.1, 0.15) is 12.4 Å². The summed E-state index contributed by atoms with van der Waals surface area (Å²) in [5, 5.41) is 0. The van der Waals surface area contributed by atoms with E-state index in [-0.39, 0.29) is 11.7 Å².